The van der Waals surface area contributed by atoms with Crippen LogP contribution in [0.15, 0.2) is 33.8 Å². The molecule has 0 bridgehead atoms. The normalized spacial score (nSPS) is 20.8. The molecule has 0 unspecified atom stereocenters. The first kappa shape index (κ1) is 16.0. The Hall–Kier alpha value is -2.46. The van der Waals surface area contributed by atoms with Gasteiger partial charge in [-0.3, -0.25) is 4.79 Å². The van der Waals surface area contributed by atoms with Crippen molar-refractivity contribution < 1.29 is 17.8 Å². The van der Waals surface area contributed by atoms with Crippen molar-refractivity contribution in [3.8, 4) is 0 Å². The number of piperidine rings is 1. The van der Waals surface area contributed by atoms with Crippen LogP contribution in [0, 0.1) is 6.92 Å². The summed E-state index contributed by atoms with van der Waals surface area (Å²) in [6, 6.07) is 6.79. The molecule has 0 atom stereocenters. The van der Waals surface area contributed by atoms with E-state index in [0.717, 1.165) is 0 Å². The lowest BCUT2D eigenvalue weighted by atomic mass is 9.96. The summed E-state index contributed by atoms with van der Waals surface area (Å²) in [5.74, 6) is -0.257. The van der Waals surface area contributed by atoms with Crippen molar-refractivity contribution in [2.75, 3.05) is 18.4 Å². The summed E-state index contributed by atoms with van der Waals surface area (Å²) in [6.07, 6.45) is 0.882. The summed E-state index contributed by atoms with van der Waals surface area (Å²) in [7, 11) is -3.59. The van der Waals surface area contributed by atoms with Gasteiger partial charge in [0.2, 0.25) is 10.0 Å². The minimum absolute atomic E-state index is 0.193. The van der Waals surface area contributed by atoms with Crippen molar-refractivity contribution in [2.24, 2.45) is 0 Å². The molecule has 2 aromatic rings. The number of hydrogen-bond acceptors (Lipinski definition) is 7. The second-order valence-corrected chi connectivity index (χ2v) is 7.95. The van der Waals surface area contributed by atoms with Gasteiger partial charge in [0.05, 0.1) is 5.69 Å². The van der Waals surface area contributed by atoms with Crippen LogP contribution in [-0.4, -0.2) is 48.3 Å². The molecular formula is C15H17N5O4S. The number of nitrogens with one attached hydrogen (secondary N) is 2. The van der Waals surface area contributed by atoms with E-state index in [1.165, 1.54) is 0 Å². The maximum Gasteiger partial charge on any atom is 0.278 e. The van der Waals surface area contributed by atoms with Crippen molar-refractivity contribution in [3.63, 3.8) is 0 Å². The quantitative estimate of drug-likeness (QED) is 0.766. The van der Waals surface area contributed by atoms with Crippen molar-refractivity contribution in [1.29, 1.82) is 0 Å². The highest BCUT2D eigenvalue weighted by atomic mass is 32.2. The minimum Gasteiger partial charge on any atom is -0.365 e. The van der Waals surface area contributed by atoms with Crippen LogP contribution in [0.3, 0.4) is 0 Å². The molecule has 1 spiro atoms. The zero-order chi connectivity index (χ0) is 17.7. The molecule has 1 saturated heterocycles. The number of hydrogen-bond donors (Lipinski definition) is 2. The van der Waals surface area contributed by atoms with Gasteiger partial charge in [0.15, 0.2) is 5.69 Å². The summed E-state index contributed by atoms with van der Waals surface area (Å²) >= 11 is 0. The highest BCUT2D eigenvalue weighted by Crippen LogP contribution is 2.34. The minimum atomic E-state index is -3.59. The summed E-state index contributed by atoms with van der Waals surface area (Å²) < 4.78 is 32.4. The van der Waals surface area contributed by atoms with Gasteiger partial charge in [0, 0.05) is 25.9 Å². The summed E-state index contributed by atoms with van der Waals surface area (Å²) in [5, 5.41) is 10.6. The Morgan fingerprint density at radius 2 is 1.96 bits per heavy atom. The van der Waals surface area contributed by atoms with E-state index in [2.05, 4.69) is 25.0 Å². The highest BCUT2D eigenvalue weighted by Gasteiger charge is 2.44. The Kier molecular flexibility index (Phi) is 3.55. The van der Waals surface area contributed by atoms with Crippen molar-refractivity contribution in [1.82, 2.24) is 19.9 Å². The van der Waals surface area contributed by atoms with E-state index in [9.17, 15) is 13.2 Å². The monoisotopic (exact) mass is 363 g/mol. The molecule has 9 nitrogen and oxygen atoms in total. The number of carbonyl (C=O) groups excluding carboxylic acids is 1. The molecule has 1 aromatic carbocycles. The molecule has 2 N–H and O–H groups in total. The topological polar surface area (TPSA) is 117 Å². The second kappa shape index (κ2) is 5.53. The van der Waals surface area contributed by atoms with Gasteiger partial charge in [-0.05, 0) is 24.2 Å². The van der Waals surface area contributed by atoms with Gasteiger partial charge < -0.3 is 10.2 Å². The molecule has 1 amide bonds. The molecule has 0 saturated carbocycles. The Bertz CT molecular complexity index is 931. The average molecular weight is 363 g/mol. The van der Waals surface area contributed by atoms with Gasteiger partial charge in [-0.15, -0.1) is 0 Å². The number of nitrogens with zero attached hydrogens (tertiary/aromatic N) is 3. The van der Waals surface area contributed by atoms with Gasteiger partial charge >= 0.3 is 0 Å². The first-order chi connectivity index (χ1) is 11.9. The van der Waals surface area contributed by atoms with Crippen LogP contribution >= 0.6 is 0 Å². The third-order valence-corrected chi connectivity index (χ3v) is 6.23. The van der Waals surface area contributed by atoms with E-state index in [1.54, 1.807) is 36.1 Å². The maximum absolute atomic E-state index is 12.5. The number of amides is 1. The van der Waals surface area contributed by atoms with Crippen LogP contribution in [0.1, 0.15) is 29.0 Å². The SMILES string of the molecule is Cc1nonc1C(=O)N1CCC2(CC1)Nc1ccccc1S(=O)(=O)N2. The number of sulfonamides is 1. The van der Waals surface area contributed by atoms with E-state index in [4.69, 9.17) is 0 Å². The lowest BCUT2D eigenvalue weighted by Gasteiger charge is -2.45. The third-order valence-electron chi connectivity index (χ3n) is 4.64. The smallest absolute Gasteiger partial charge is 0.278 e. The van der Waals surface area contributed by atoms with Crippen molar-refractivity contribution in [3.05, 3.63) is 35.7 Å². The van der Waals surface area contributed by atoms with E-state index >= 15 is 0 Å². The summed E-state index contributed by atoms with van der Waals surface area (Å²) in [6.45, 7) is 2.44. The molecule has 25 heavy (non-hydrogen) atoms. The van der Waals surface area contributed by atoms with Gasteiger partial charge in [-0.1, -0.05) is 17.3 Å². The third kappa shape index (κ3) is 2.67. The number of aryl methyl sites for hydroxylation is 1. The first-order valence-corrected chi connectivity index (χ1v) is 9.38. The lowest BCUT2D eigenvalue weighted by molar-refractivity contribution is 0.0664. The van der Waals surface area contributed by atoms with Crippen LogP contribution in [0.2, 0.25) is 0 Å². The van der Waals surface area contributed by atoms with Crippen LogP contribution in [0.5, 0.6) is 0 Å². The number of rotatable bonds is 1. The number of fused-ring (bicyclic) bond motifs is 1. The molecule has 3 heterocycles. The molecule has 132 valence electrons. The van der Waals surface area contributed by atoms with Gasteiger partial charge in [0.25, 0.3) is 5.91 Å². The van der Waals surface area contributed by atoms with Gasteiger partial charge in [-0.2, -0.15) is 4.72 Å². The number of benzene rings is 1. The van der Waals surface area contributed by atoms with E-state index < -0.39 is 15.7 Å². The number of aromatic nitrogens is 2. The molecule has 0 aliphatic carbocycles. The highest BCUT2D eigenvalue weighted by molar-refractivity contribution is 7.89. The Morgan fingerprint density at radius 3 is 2.64 bits per heavy atom. The van der Waals surface area contributed by atoms with E-state index in [1.807, 2.05) is 0 Å². The van der Waals surface area contributed by atoms with E-state index in [0.29, 0.717) is 37.3 Å². The Balaban J connectivity index is 1.54. The fourth-order valence-electron chi connectivity index (χ4n) is 3.29. The molecule has 10 heteroatoms. The van der Waals surface area contributed by atoms with Crippen LogP contribution in [0.4, 0.5) is 5.69 Å². The molecule has 2 aliphatic heterocycles. The molecule has 4 rings (SSSR count). The number of anilines is 1. The molecule has 1 fully saturated rings. The molecule has 2 aliphatic rings. The average Bonchev–Trinajstić information content (AvgIpc) is 3.00. The largest absolute Gasteiger partial charge is 0.365 e. The molecular weight excluding hydrogens is 346 g/mol. The Labute approximate surface area is 144 Å². The number of likely N-dealkylation sites (tertiary alicyclic amines) is 1. The van der Waals surface area contributed by atoms with Crippen molar-refractivity contribution in [2.45, 2.75) is 30.3 Å². The second-order valence-electron chi connectivity index (χ2n) is 6.30. The fraction of sp³-hybridized carbons (Fsp3) is 0.400. The summed E-state index contributed by atoms with van der Waals surface area (Å²) in [5.41, 5.74) is 0.424. The van der Waals surface area contributed by atoms with Crippen molar-refractivity contribution >= 4 is 21.6 Å². The standard InChI is InChI=1S/C15H17N5O4S/c1-10-13(18-24-17-10)14(21)20-8-6-15(7-9-20)16-11-4-2-3-5-12(11)25(22,23)19-15/h2-5,16,19H,6-9H2,1H3. The Morgan fingerprint density at radius 1 is 1.24 bits per heavy atom. The predicted octanol–water partition coefficient (Wildman–Crippen LogP) is 0.714. The lowest BCUT2D eigenvalue weighted by Crippen LogP contribution is -2.62. The predicted molar refractivity (Wildman–Crippen MR) is 87.3 cm³/mol. The van der Waals surface area contributed by atoms with Crippen LogP contribution in [-0.2, 0) is 10.0 Å². The fourth-order valence-corrected chi connectivity index (χ4v) is 4.84. The van der Waals surface area contributed by atoms with Crippen LogP contribution < -0.4 is 10.0 Å². The van der Waals surface area contributed by atoms with E-state index in [-0.39, 0.29) is 16.5 Å². The van der Waals surface area contributed by atoms with Crippen LogP contribution in [0.25, 0.3) is 0 Å². The zero-order valence-electron chi connectivity index (χ0n) is 13.5. The number of para-hydroxylation sites is 1. The van der Waals surface area contributed by atoms with Gasteiger partial charge in [-0.25, -0.2) is 13.0 Å². The molecule has 1 aromatic heterocycles. The first-order valence-electron chi connectivity index (χ1n) is 7.90. The van der Waals surface area contributed by atoms with Gasteiger partial charge in [0.1, 0.15) is 16.3 Å². The number of carbonyl (C=O) groups is 1. The zero-order valence-corrected chi connectivity index (χ0v) is 14.3. The maximum atomic E-state index is 12.5. The summed E-state index contributed by atoms with van der Waals surface area (Å²) in [4.78, 5) is 14.4. The molecule has 0 radical (unpaired) electrons.